The minimum atomic E-state index is -0.483. The first-order valence-corrected chi connectivity index (χ1v) is 10.7. The zero-order chi connectivity index (χ0) is 21.2. The highest BCUT2D eigenvalue weighted by Crippen LogP contribution is 2.28. The maximum absolute atomic E-state index is 12.2. The second-order valence-electron chi connectivity index (χ2n) is 8.36. The fourth-order valence-corrected chi connectivity index (χ4v) is 3.77. The van der Waals surface area contributed by atoms with Gasteiger partial charge in [0.2, 0.25) is 0 Å². The highest BCUT2D eigenvalue weighted by molar-refractivity contribution is 6.42. The molecule has 1 fully saturated rings. The summed E-state index contributed by atoms with van der Waals surface area (Å²) in [7, 11) is 0. The first kappa shape index (κ1) is 22.1. The lowest BCUT2D eigenvalue weighted by molar-refractivity contribution is 0.0000278. The van der Waals surface area contributed by atoms with Crippen molar-refractivity contribution in [2.24, 2.45) is 5.92 Å². The van der Waals surface area contributed by atoms with E-state index in [0.717, 1.165) is 17.8 Å². The van der Waals surface area contributed by atoms with Crippen LogP contribution in [-0.2, 0) is 11.3 Å². The standard InChI is InChI=1S/C22H25Cl3N2O2/c1-22(2,3)29-21(28)27-13-16(14-27)12-26(18-6-4-5-17(23)10-18)11-15-7-8-19(24)20(25)9-15/h4-10,16H,11-14H2,1-3H3. The Kier molecular flexibility index (Phi) is 6.87. The number of benzene rings is 2. The van der Waals surface area contributed by atoms with Crippen LogP contribution in [0, 0.1) is 5.92 Å². The number of anilines is 1. The second-order valence-corrected chi connectivity index (χ2v) is 9.61. The highest BCUT2D eigenvalue weighted by Gasteiger charge is 2.34. The quantitative estimate of drug-likeness (QED) is 0.514. The van der Waals surface area contributed by atoms with E-state index in [0.29, 0.717) is 40.6 Å². The summed E-state index contributed by atoms with van der Waals surface area (Å²) in [5, 5.41) is 1.76. The molecular weight excluding hydrogens is 431 g/mol. The molecule has 4 nitrogen and oxygen atoms in total. The number of amides is 1. The third-order valence-electron chi connectivity index (χ3n) is 4.62. The van der Waals surface area contributed by atoms with Crippen molar-refractivity contribution in [1.29, 1.82) is 0 Å². The molecule has 0 aliphatic carbocycles. The van der Waals surface area contributed by atoms with Crippen LogP contribution in [0.5, 0.6) is 0 Å². The smallest absolute Gasteiger partial charge is 0.410 e. The number of carbonyl (C=O) groups excluding carboxylic acids is 1. The van der Waals surface area contributed by atoms with Gasteiger partial charge in [-0.3, -0.25) is 0 Å². The molecule has 0 radical (unpaired) electrons. The van der Waals surface area contributed by atoms with Gasteiger partial charge in [-0.05, 0) is 56.7 Å². The molecular formula is C22H25Cl3N2O2. The number of hydrogen-bond donors (Lipinski definition) is 0. The van der Waals surface area contributed by atoms with Crippen LogP contribution in [0.1, 0.15) is 26.3 Å². The molecule has 2 aromatic carbocycles. The first-order chi connectivity index (χ1) is 13.6. The summed E-state index contributed by atoms with van der Waals surface area (Å²) in [5.41, 5.74) is 1.60. The summed E-state index contributed by atoms with van der Waals surface area (Å²) in [5.74, 6) is 0.351. The molecule has 0 bridgehead atoms. The van der Waals surface area contributed by atoms with Gasteiger partial charge < -0.3 is 14.5 Å². The van der Waals surface area contributed by atoms with E-state index in [-0.39, 0.29) is 6.09 Å². The molecule has 0 aromatic heterocycles. The van der Waals surface area contributed by atoms with Crippen molar-refractivity contribution in [3.05, 3.63) is 63.1 Å². The number of hydrogen-bond acceptors (Lipinski definition) is 3. The van der Waals surface area contributed by atoms with Gasteiger partial charge in [-0.1, -0.05) is 46.9 Å². The van der Waals surface area contributed by atoms with Gasteiger partial charge in [-0.2, -0.15) is 0 Å². The summed E-state index contributed by atoms with van der Waals surface area (Å²) in [6, 6.07) is 13.4. The van der Waals surface area contributed by atoms with Crippen LogP contribution >= 0.6 is 34.8 Å². The minimum absolute atomic E-state index is 0.257. The Morgan fingerprint density at radius 3 is 2.45 bits per heavy atom. The third kappa shape index (κ3) is 6.18. The number of ether oxygens (including phenoxy) is 1. The van der Waals surface area contributed by atoms with E-state index >= 15 is 0 Å². The first-order valence-electron chi connectivity index (χ1n) is 9.53. The molecule has 0 spiro atoms. The van der Waals surface area contributed by atoms with Crippen LogP contribution in [-0.4, -0.2) is 36.2 Å². The zero-order valence-corrected chi connectivity index (χ0v) is 19.1. The van der Waals surface area contributed by atoms with Gasteiger partial charge in [0.1, 0.15) is 5.60 Å². The van der Waals surface area contributed by atoms with Gasteiger partial charge >= 0.3 is 6.09 Å². The van der Waals surface area contributed by atoms with E-state index in [1.165, 1.54) is 0 Å². The monoisotopic (exact) mass is 454 g/mol. The molecule has 0 unspecified atom stereocenters. The van der Waals surface area contributed by atoms with Crippen molar-refractivity contribution in [3.8, 4) is 0 Å². The SMILES string of the molecule is CC(C)(C)OC(=O)N1CC(CN(Cc2ccc(Cl)c(Cl)c2)c2cccc(Cl)c2)C1. The summed E-state index contributed by atoms with van der Waals surface area (Å²) in [6.45, 7) is 8.43. The summed E-state index contributed by atoms with van der Waals surface area (Å²) >= 11 is 18.5. The number of halogens is 3. The normalized spacial score (nSPS) is 14.5. The average Bonchev–Trinajstić information content (AvgIpc) is 2.58. The number of carbonyl (C=O) groups is 1. The molecule has 1 heterocycles. The third-order valence-corrected chi connectivity index (χ3v) is 5.59. The predicted molar refractivity (Wildman–Crippen MR) is 120 cm³/mol. The molecule has 3 rings (SSSR count). The Bertz CT molecular complexity index is 877. The van der Waals surface area contributed by atoms with E-state index in [9.17, 15) is 4.79 Å². The van der Waals surface area contributed by atoms with E-state index in [1.54, 1.807) is 4.90 Å². The Labute approximate surface area is 187 Å². The lowest BCUT2D eigenvalue weighted by Crippen LogP contribution is -2.54. The molecule has 1 amide bonds. The van der Waals surface area contributed by atoms with E-state index in [2.05, 4.69) is 4.90 Å². The van der Waals surface area contributed by atoms with Gasteiger partial charge in [0.25, 0.3) is 0 Å². The zero-order valence-electron chi connectivity index (χ0n) is 16.8. The highest BCUT2D eigenvalue weighted by atomic mass is 35.5. The van der Waals surface area contributed by atoms with Gasteiger partial charge in [-0.25, -0.2) is 4.79 Å². The molecule has 0 atom stereocenters. The minimum Gasteiger partial charge on any atom is -0.444 e. The fraction of sp³-hybridized carbons (Fsp3) is 0.409. The summed E-state index contributed by atoms with van der Waals surface area (Å²) in [4.78, 5) is 16.2. The van der Waals surface area contributed by atoms with Crippen molar-refractivity contribution in [1.82, 2.24) is 4.90 Å². The molecule has 29 heavy (non-hydrogen) atoms. The predicted octanol–water partition coefficient (Wildman–Crippen LogP) is 6.52. The maximum atomic E-state index is 12.2. The van der Waals surface area contributed by atoms with Crippen molar-refractivity contribution in [2.45, 2.75) is 32.9 Å². The second kappa shape index (κ2) is 9.03. The molecule has 0 N–H and O–H groups in total. The average molecular weight is 456 g/mol. The van der Waals surface area contributed by atoms with Gasteiger partial charge in [-0.15, -0.1) is 0 Å². The van der Waals surface area contributed by atoms with Gasteiger partial charge in [0.15, 0.2) is 0 Å². The Morgan fingerprint density at radius 1 is 1.10 bits per heavy atom. The molecule has 0 saturated carbocycles. The number of rotatable bonds is 5. The molecule has 1 aliphatic heterocycles. The molecule has 1 aliphatic rings. The van der Waals surface area contributed by atoms with Gasteiger partial charge in [0.05, 0.1) is 10.0 Å². The fourth-order valence-electron chi connectivity index (χ4n) is 3.27. The van der Waals surface area contributed by atoms with Crippen LogP contribution in [0.25, 0.3) is 0 Å². The molecule has 156 valence electrons. The molecule has 2 aromatic rings. The van der Waals surface area contributed by atoms with Crippen LogP contribution in [0.15, 0.2) is 42.5 Å². The van der Waals surface area contributed by atoms with Gasteiger partial charge in [0, 0.05) is 42.8 Å². The number of likely N-dealkylation sites (tertiary alicyclic amines) is 1. The molecule has 7 heteroatoms. The van der Waals surface area contributed by atoms with E-state index in [4.69, 9.17) is 39.5 Å². The Balaban J connectivity index is 1.68. The van der Waals surface area contributed by atoms with Crippen molar-refractivity contribution >= 4 is 46.6 Å². The van der Waals surface area contributed by atoms with Crippen LogP contribution in [0.3, 0.4) is 0 Å². The van der Waals surface area contributed by atoms with E-state index in [1.807, 2.05) is 63.2 Å². The molecule has 1 saturated heterocycles. The van der Waals surface area contributed by atoms with E-state index < -0.39 is 5.60 Å². The summed E-state index contributed by atoms with van der Waals surface area (Å²) in [6.07, 6.45) is -0.257. The topological polar surface area (TPSA) is 32.8 Å². The Morgan fingerprint density at radius 2 is 1.83 bits per heavy atom. The van der Waals surface area contributed by atoms with Crippen molar-refractivity contribution in [3.63, 3.8) is 0 Å². The largest absolute Gasteiger partial charge is 0.444 e. The van der Waals surface area contributed by atoms with Crippen LogP contribution in [0.4, 0.5) is 10.5 Å². The van der Waals surface area contributed by atoms with Crippen molar-refractivity contribution < 1.29 is 9.53 Å². The number of nitrogens with zero attached hydrogens (tertiary/aromatic N) is 2. The van der Waals surface area contributed by atoms with Crippen LogP contribution in [0.2, 0.25) is 15.1 Å². The lowest BCUT2D eigenvalue weighted by Gasteiger charge is -2.42. The van der Waals surface area contributed by atoms with Crippen molar-refractivity contribution in [2.75, 3.05) is 24.5 Å². The maximum Gasteiger partial charge on any atom is 0.410 e. The Hall–Kier alpha value is -1.62. The van der Waals surface area contributed by atoms with Crippen LogP contribution < -0.4 is 4.90 Å². The lowest BCUT2D eigenvalue weighted by atomic mass is 9.99. The summed E-state index contributed by atoms with van der Waals surface area (Å²) < 4.78 is 5.44.